The lowest BCUT2D eigenvalue weighted by atomic mass is 10.1. The molecule has 0 bridgehead atoms. The van der Waals surface area contributed by atoms with E-state index >= 15 is 0 Å². The van der Waals surface area contributed by atoms with E-state index in [-0.39, 0.29) is 0 Å². The van der Waals surface area contributed by atoms with Gasteiger partial charge in [-0.15, -0.1) is 12.3 Å². The summed E-state index contributed by atoms with van der Waals surface area (Å²) in [5.41, 5.74) is 0. The zero-order valence-corrected chi connectivity index (χ0v) is 4.28. The van der Waals surface area contributed by atoms with E-state index in [2.05, 4.69) is 11.2 Å². The predicted octanol–water partition coefficient (Wildman–Crippen LogP) is 0.229. The second-order valence-electron chi connectivity index (χ2n) is 1.86. The van der Waals surface area contributed by atoms with Crippen LogP contribution in [-0.4, -0.2) is 13.1 Å². The Bertz CT molecular complexity index is 84.8. The smallest absolute Gasteiger partial charge is 0.0337 e. The van der Waals surface area contributed by atoms with Crippen LogP contribution >= 0.6 is 0 Å². The normalized spacial score (nSPS) is 29.9. The molecule has 1 rings (SSSR count). The Morgan fingerprint density at radius 2 is 2.57 bits per heavy atom. The second kappa shape index (κ2) is 1.99. The lowest BCUT2D eigenvalue weighted by molar-refractivity contribution is 0.756. The molecule has 38 valence electrons. The molecule has 1 aliphatic heterocycles. The molecule has 7 heavy (non-hydrogen) atoms. The second-order valence-corrected chi connectivity index (χ2v) is 1.86. The first-order chi connectivity index (χ1) is 3.43. The Labute approximate surface area is 44.1 Å². The molecule has 1 heterocycles. The monoisotopic (exact) mass is 95.1 g/mol. The highest BCUT2D eigenvalue weighted by Crippen LogP contribution is 2.03. The summed E-state index contributed by atoms with van der Waals surface area (Å²) in [6.45, 7) is 2.13. The molecular weight excluding hydrogens is 86.1 g/mol. The molecule has 1 heteroatoms. The largest absolute Gasteiger partial charge is 0.315 e. The van der Waals surface area contributed by atoms with E-state index in [9.17, 15) is 0 Å². The van der Waals surface area contributed by atoms with Crippen LogP contribution in [-0.2, 0) is 0 Å². The van der Waals surface area contributed by atoms with Crippen LogP contribution in [0.2, 0.25) is 0 Å². The molecule has 0 aromatic carbocycles. The standard InChI is InChI=1S/C6H9N/c1-2-6-3-4-7-5-6/h1,6-7H,3-5H2. The summed E-state index contributed by atoms with van der Waals surface area (Å²) in [5, 5.41) is 3.18. The van der Waals surface area contributed by atoms with Crippen molar-refractivity contribution < 1.29 is 0 Å². The third-order valence-corrected chi connectivity index (χ3v) is 1.30. The lowest BCUT2D eigenvalue weighted by Gasteiger charge is -1.90. The molecule has 0 saturated carbocycles. The Morgan fingerprint density at radius 3 is 2.86 bits per heavy atom. The van der Waals surface area contributed by atoms with Crippen LogP contribution in [0.4, 0.5) is 0 Å². The quantitative estimate of drug-likeness (QED) is 0.425. The topological polar surface area (TPSA) is 12.0 Å². The van der Waals surface area contributed by atoms with Crippen molar-refractivity contribution in [3.8, 4) is 12.3 Å². The van der Waals surface area contributed by atoms with Gasteiger partial charge in [0.1, 0.15) is 0 Å². The van der Waals surface area contributed by atoms with Crippen LogP contribution in [0, 0.1) is 18.3 Å². The highest BCUT2D eigenvalue weighted by atomic mass is 14.9. The molecule has 1 nitrogen and oxygen atoms in total. The zero-order chi connectivity index (χ0) is 5.11. The van der Waals surface area contributed by atoms with Gasteiger partial charge < -0.3 is 5.32 Å². The van der Waals surface area contributed by atoms with E-state index in [1.807, 2.05) is 0 Å². The Balaban J connectivity index is 2.31. The highest BCUT2D eigenvalue weighted by Gasteiger charge is 2.09. The molecule has 0 aromatic heterocycles. The van der Waals surface area contributed by atoms with Gasteiger partial charge in [-0.05, 0) is 13.0 Å². The number of terminal acetylenes is 1. The Morgan fingerprint density at radius 1 is 1.71 bits per heavy atom. The number of rotatable bonds is 0. The molecule has 1 aliphatic rings. The van der Waals surface area contributed by atoms with Gasteiger partial charge in [0, 0.05) is 12.5 Å². The van der Waals surface area contributed by atoms with E-state index in [1.54, 1.807) is 0 Å². The van der Waals surface area contributed by atoms with Crippen molar-refractivity contribution in [2.24, 2.45) is 5.92 Å². The van der Waals surface area contributed by atoms with E-state index in [4.69, 9.17) is 6.42 Å². The van der Waals surface area contributed by atoms with Gasteiger partial charge in [-0.1, -0.05) is 0 Å². The Hall–Kier alpha value is -0.480. The molecule has 1 saturated heterocycles. The van der Waals surface area contributed by atoms with Gasteiger partial charge in [0.2, 0.25) is 0 Å². The average Bonchev–Trinajstić information content (AvgIpc) is 2.14. The Kier molecular flexibility index (Phi) is 1.33. The van der Waals surface area contributed by atoms with E-state index in [0.29, 0.717) is 5.92 Å². The SMILES string of the molecule is C#CC1CCNC1. The first-order valence-corrected chi connectivity index (χ1v) is 2.60. The van der Waals surface area contributed by atoms with Crippen LogP contribution in [0.1, 0.15) is 6.42 Å². The van der Waals surface area contributed by atoms with Gasteiger partial charge in [-0.3, -0.25) is 0 Å². The first kappa shape index (κ1) is 4.67. The molecule has 0 amide bonds. The summed E-state index contributed by atoms with van der Waals surface area (Å²) in [5.74, 6) is 3.22. The van der Waals surface area contributed by atoms with Gasteiger partial charge in [0.05, 0.1) is 0 Å². The first-order valence-electron chi connectivity index (χ1n) is 2.60. The fourth-order valence-corrected chi connectivity index (χ4v) is 0.797. The maximum Gasteiger partial charge on any atom is 0.0337 e. The van der Waals surface area contributed by atoms with E-state index in [1.165, 1.54) is 0 Å². The summed E-state index contributed by atoms with van der Waals surface area (Å²) >= 11 is 0. The molecule has 1 fully saturated rings. The third kappa shape index (κ3) is 0.942. The fourth-order valence-electron chi connectivity index (χ4n) is 0.797. The number of nitrogens with one attached hydrogen (secondary N) is 1. The summed E-state index contributed by atoms with van der Waals surface area (Å²) in [6, 6.07) is 0. The molecule has 1 unspecified atom stereocenters. The molecule has 0 aliphatic carbocycles. The number of hydrogen-bond donors (Lipinski definition) is 1. The highest BCUT2D eigenvalue weighted by molar-refractivity contribution is 4.96. The molecule has 0 spiro atoms. The molecular formula is C6H9N. The minimum atomic E-state index is 0.514. The maximum absolute atomic E-state index is 5.14. The molecule has 1 N–H and O–H groups in total. The minimum Gasteiger partial charge on any atom is -0.315 e. The van der Waals surface area contributed by atoms with Crippen LogP contribution in [0.15, 0.2) is 0 Å². The van der Waals surface area contributed by atoms with Crippen LogP contribution in [0.25, 0.3) is 0 Å². The molecule has 1 atom stereocenters. The fraction of sp³-hybridized carbons (Fsp3) is 0.667. The molecule has 0 aromatic rings. The van der Waals surface area contributed by atoms with Crippen molar-refractivity contribution in [2.75, 3.05) is 13.1 Å². The molecule has 0 radical (unpaired) electrons. The third-order valence-electron chi connectivity index (χ3n) is 1.30. The van der Waals surface area contributed by atoms with Crippen molar-refractivity contribution in [1.29, 1.82) is 0 Å². The van der Waals surface area contributed by atoms with Crippen LogP contribution in [0.3, 0.4) is 0 Å². The van der Waals surface area contributed by atoms with Crippen molar-refractivity contribution in [1.82, 2.24) is 5.32 Å². The van der Waals surface area contributed by atoms with Crippen molar-refractivity contribution >= 4 is 0 Å². The zero-order valence-electron chi connectivity index (χ0n) is 4.28. The summed E-state index contributed by atoms with van der Waals surface area (Å²) < 4.78 is 0. The summed E-state index contributed by atoms with van der Waals surface area (Å²) in [6.07, 6.45) is 6.31. The van der Waals surface area contributed by atoms with Crippen LogP contribution in [0.5, 0.6) is 0 Å². The van der Waals surface area contributed by atoms with Gasteiger partial charge in [-0.2, -0.15) is 0 Å². The summed E-state index contributed by atoms with van der Waals surface area (Å²) in [7, 11) is 0. The van der Waals surface area contributed by atoms with Gasteiger partial charge in [0.15, 0.2) is 0 Å². The van der Waals surface area contributed by atoms with E-state index < -0.39 is 0 Å². The lowest BCUT2D eigenvalue weighted by Crippen LogP contribution is -2.07. The van der Waals surface area contributed by atoms with Crippen molar-refractivity contribution in [3.63, 3.8) is 0 Å². The van der Waals surface area contributed by atoms with E-state index in [0.717, 1.165) is 19.5 Å². The predicted molar refractivity (Wildman–Crippen MR) is 29.8 cm³/mol. The van der Waals surface area contributed by atoms with Gasteiger partial charge in [0.25, 0.3) is 0 Å². The van der Waals surface area contributed by atoms with Crippen LogP contribution < -0.4 is 5.32 Å². The van der Waals surface area contributed by atoms with Gasteiger partial charge in [-0.25, -0.2) is 0 Å². The van der Waals surface area contributed by atoms with Gasteiger partial charge >= 0.3 is 0 Å². The average molecular weight is 95.1 g/mol. The van der Waals surface area contributed by atoms with Crippen molar-refractivity contribution in [3.05, 3.63) is 0 Å². The van der Waals surface area contributed by atoms with Crippen molar-refractivity contribution in [2.45, 2.75) is 6.42 Å². The summed E-state index contributed by atoms with van der Waals surface area (Å²) in [4.78, 5) is 0. The maximum atomic E-state index is 5.14. The number of hydrogen-bond acceptors (Lipinski definition) is 1. The minimum absolute atomic E-state index is 0.514.